The lowest BCUT2D eigenvalue weighted by Gasteiger charge is -2.04. The van der Waals surface area contributed by atoms with Crippen LogP contribution in [0.15, 0.2) is 40.8 Å². The van der Waals surface area contributed by atoms with Crippen LogP contribution in [-0.4, -0.2) is 18.2 Å². The first-order valence-electron chi connectivity index (χ1n) is 5.39. The first kappa shape index (κ1) is 12.0. The minimum Gasteiger partial charge on any atom is -0.508 e. The summed E-state index contributed by atoms with van der Waals surface area (Å²) in [5.41, 5.74) is 0.769. The number of phenols is 1. The molecule has 1 aromatic carbocycles. The van der Waals surface area contributed by atoms with E-state index in [0.717, 1.165) is 5.69 Å². The van der Waals surface area contributed by atoms with E-state index in [9.17, 15) is 9.90 Å². The van der Waals surface area contributed by atoms with Crippen molar-refractivity contribution in [1.29, 1.82) is 0 Å². The number of phenolic OH excluding ortho intramolecular Hbond substituents is 1. The van der Waals surface area contributed by atoms with Crippen molar-refractivity contribution in [2.75, 3.05) is 12.4 Å². The van der Waals surface area contributed by atoms with Crippen LogP contribution in [0.4, 0.5) is 5.69 Å². The quantitative estimate of drug-likeness (QED) is 0.811. The summed E-state index contributed by atoms with van der Waals surface area (Å²) in [7, 11) is 1.30. The highest BCUT2D eigenvalue weighted by Crippen LogP contribution is 2.17. The molecule has 0 radical (unpaired) electrons. The monoisotopic (exact) mass is 247 g/mol. The average Bonchev–Trinajstić information content (AvgIpc) is 2.84. The van der Waals surface area contributed by atoms with Gasteiger partial charge >= 0.3 is 5.97 Å². The van der Waals surface area contributed by atoms with Crippen LogP contribution in [0, 0.1) is 0 Å². The number of ether oxygens (including phenoxy) is 1. The molecule has 2 N–H and O–H groups in total. The minimum atomic E-state index is -0.501. The summed E-state index contributed by atoms with van der Waals surface area (Å²) in [5.74, 6) is 0.470. The fraction of sp³-hybridized carbons (Fsp3) is 0.154. The molecule has 0 amide bonds. The van der Waals surface area contributed by atoms with Gasteiger partial charge in [0.05, 0.1) is 13.7 Å². The third-order valence-corrected chi connectivity index (χ3v) is 2.36. The van der Waals surface area contributed by atoms with Gasteiger partial charge in [-0.3, -0.25) is 0 Å². The van der Waals surface area contributed by atoms with Crippen molar-refractivity contribution in [2.24, 2.45) is 0 Å². The number of benzene rings is 1. The number of hydrogen-bond donors (Lipinski definition) is 2. The largest absolute Gasteiger partial charge is 0.508 e. The molecular formula is C13H13NO4. The van der Waals surface area contributed by atoms with Crippen LogP contribution in [0.1, 0.15) is 16.3 Å². The van der Waals surface area contributed by atoms with E-state index >= 15 is 0 Å². The summed E-state index contributed by atoms with van der Waals surface area (Å²) >= 11 is 0. The Labute approximate surface area is 104 Å². The van der Waals surface area contributed by atoms with Crippen molar-refractivity contribution in [3.8, 4) is 5.75 Å². The highest BCUT2D eigenvalue weighted by atomic mass is 16.5. The van der Waals surface area contributed by atoms with Gasteiger partial charge in [-0.15, -0.1) is 0 Å². The van der Waals surface area contributed by atoms with Crippen LogP contribution in [0.25, 0.3) is 0 Å². The Morgan fingerprint density at radius 2 is 2.22 bits per heavy atom. The topological polar surface area (TPSA) is 71.7 Å². The number of esters is 1. The molecule has 0 atom stereocenters. The number of nitrogens with one attached hydrogen (secondary N) is 1. The van der Waals surface area contributed by atoms with E-state index in [1.54, 1.807) is 30.3 Å². The Balaban J connectivity index is 1.98. The molecular weight excluding hydrogens is 234 g/mol. The van der Waals surface area contributed by atoms with E-state index in [4.69, 9.17) is 4.42 Å². The van der Waals surface area contributed by atoms with E-state index in [0.29, 0.717) is 12.3 Å². The predicted octanol–water partition coefficient (Wildman–Crippen LogP) is 2.38. The molecule has 0 aliphatic rings. The molecule has 0 fully saturated rings. The Bertz CT molecular complexity index is 547. The number of carbonyl (C=O) groups is 1. The smallest absolute Gasteiger partial charge is 0.373 e. The fourth-order valence-corrected chi connectivity index (χ4v) is 1.49. The molecule has 5 heteroatoms. The lowest BCUT2D eigenvalue weighted by molar-refractivity contribution is 0.0563. The molecule has 1 heterocycles. The number of rotatable bonds is 4. The third kappa shape index (κ3) is 2.82. The lowest BCUT2D eigenvalue weighted by Crippen LogP contribution is -2.00. The number of anilines is 1. The van der Waals surface area contributed by atoms with Crippen molar-refractivity contribution in [2.45, 2.75) is 6.54 Å². The van der Waals surface area contributed by atoms with Crippen molar-refractivity contribution < 1.29 is 19.1 Å². The number of methoxy groups -OCH3 is 1. The van der Waals surface area contributed by atoms with Gasteiger partial charge in [-0.25, -0.2) is 4.79 Å². The van der Waals surface area contributed by atoms with Gasteiger partial charge in [0.2, 0.25) is 5.76 Å². The Hall–Kier alpha value is -2.43. The molecule has 94 valence electrons. The maximum Gasteiger partial charge on any atom is 0.373 e. The highest BCUT2D eigenvalue weighted by Gasteiger charge is 2.10. The van der Waals surface area contributed by atoms with Gasteiger partial charge in [-0.1, -0.05) is 6.07 Å². The lowest BCUT2D eigenvalue weighted by atomic mass is 10.3. The van der Waals surface area contributed by atoms with Crippen molar-refractivity contribution in [3.05, 3.63) is 47.9 Å². The first-order chi connectivity index (χ1) is 8.69. The summed E-state index contributed by atoms with van der Waals surface area (Å²) in [4.78, 5) is 11.2. The molecule has 1 aromatic heterocycles. The standard InChI is InChI=1S/C13H13NO4/c1-17-13(16)12-6-5-11(18-12)8-14-9-3-2-4-10(15)7-9/h2-7,14-15H,8H2,1H3. The number of carbonyl (C=O) groups excluding carboxylic acids is 1. The Morgan fingerprint density at radius 3 is 2.94 bits per heavy atom. The van der Waals surface area contributed by atoms with E-state index < -0.39 is 5.97 Å². The van der Waals surface area contributed by atoms with Crippen molar-refractivity contribution in [1.82, 2.24) is 0 Å². The molecule has 2 aromatic rings. The molecule has 0 saturated heterocycles. The Morgan fingerprint density at radius 1 is 1.39 bits per heavy atom. The maximum atomic E-state index is 11.2. The normalized spacial score (nSPS) is 10.1. The number of hydrogen-bond acceptors (Lipinski definition) is 5. The summed E-state index contributed by atoms with van der Waals surface area (Å²) in [6, 6.07) is 10.0. The van der Waals surface area contributed by atoms with Gasteiger partial charge in [0.1, 0.15) is 11.5 Å². The Kier molecular flexibility index (Phi) is 3.52. The van der Waals surface area contributed by atoms with E-state index in [-0.39, 0.29) is 11.5 Å². The summed E-state index contributed by atoms with van der Waals surface area (Å²) in [5, 5.41) is 12.4. The molecule has 0 unspecified atom stereocenters. The predicted molar refractivity (Wildman–Crippen MR) is 65.5 cm³/mol. The van der Waals surface area contributed by atoms with Crippen LogP contribution in [0.3, 0.4) is 0 Å². The summed E-state index contributed by atoms with van der Waals surface area (Å²) < 4.78 is 9.83. The van der Waals surface area contributed by atoms with Crippen LogP contribution in [-0.2, 0) is 11.3 Å². The van der Waals surface area contributed by atoms with Gasteiger partial charge in [-0.2, -0.15) is 0 Å². The third-order valence-electron chi connectivity index (χ3n) is 2.36. The summed E-state index contributed by atoms with van der Waals surface area (Å²) in [6.45, 7) is 0.417. The zero-order chi connectivity index (χ0) is 13.0. The average molecular weight is 247 g/mol. The van der Waals surface area contributed by atoms with Crippen LogP contribution in [0.2, 0.25) is 0 Å². The maximum absolute atomic E-state index is 11.2. The van der Waals surface area contributed by atoms with Crippen LogP contribution >= 0.6 is 0 Å². The minimum absolute atomic E-state index is 0.171. The van der Waals surface area contributed by atoms with E-state index in [1.165, 1.54) is 7.11 Å². The van der Waals surface area contributed by atoms with E-state index in [2.05, 4.69) is 10.1 Å². The number of furan rings is 1. The van der Waals surface area contributed by atoms with Crippen molar-refractivity contribution >= 4 is 11.7 Å². The zero-order valence-corrected chi connectivity index (χ0v) is 9.84. The van der Waals surface area contributed by atoms with Gasteiger partial charge in [-0.05, 0) is 24.3 Å². The van der Waals surface area contributed by atoms with Gasteiger partial charge in [0.25, 0.3) is 0 Å². The van der Waals surface area contributed by atoms with Crippen LogP contribution < -0.4 is 5.32 Å². The highest BCUT2D eigenvalue weighted by molar-refractivity contribution is 5.86. The molecule has 18 heavy (non-hydrogen) atoms. The second-order valence-corrected chi connectivity index (χ2v) is 3.66. The van der Waals surface area contributed by atoms with Gasteiger partial charge < -0.3 is 19.6 Å². The molecule has 0 saturated carbocycles. The second kappa shape index (κ2) is 5.27. The first-order valence-corrected chi connectivity index (χ1v) is 5.39. The van der Waals surface area contributed by atoms with Gasteiger partial charge in [0, 0.05) is 11.8 Å². The van der Waals surface area contributed by atoms with Gasteiger partial charge in [0.15, 0.2) is 0 Å². The summed E-state index contributed by atoms with van der Waals surface area (Å²) in [6.07, 6.45) is 0. The van der Waals surface area contributed by atoms with E-state index in [1.807, 2.05) is 6.07 Å². The molecule has 0 aliphatic heterocycles. The SMILES string of the molecule is COC(=O)c1ccc(CNc2cccc(O)c2)o1. The van der Waals surface area contributed by atoms with Crippen molar-refractivity contribution in [3.63, 3.8) is 0 Å². The molecule has 0 bridgehead atoms. The van der Waals surface area contributed by atoms with Crippen LogP contribution in [0.5, 0.6) is 5.75 Å². The molecule has 0 spiro atoms. The second-order valence-electron chi connectivity index (χ2n) is 3.66. The molecule has 5 nitrogen and oxygen atoms in total. The number of aromatic hydroxyl groups is 1. The molecule has 2 rings (SSSR count). The molecule has 0 aliphatic carbocycles. The zero-order valence-electron chi connectivity index (χ0n) is 9.84. The fourth-order valence-electron chi connectivity index (χ4n) is 1.49.